The Kier molecular flexibility index (Phi) is 37.1. The molecule has 0 saturated carbocycles. The van der Waals surface area contributed by atoms with Crippen molar-refractivity contribution in [1.29, 1.82) is 0 Å². The van der Waals surface area contributed by atoms with E-state index in [0.29, 0.717) is 75.0 Å². The second-order valence-corrected chi connectivity index (χ2v) is 22.2. The summed E-state index contributed by atoms with van der Waals surface area (Å²) in [4.78, 5) is 91.6. The highest BCUT2D eigenvalue weighted by atomic mass is 32.2. The van der Waals surface area contributed by atoms with E-state index in [9.17, 15) is 38.4 Å². The van der Waals surface area contributed by atoms with Gasteiger partial charge in [-0.1, -0.05) is 55.4 Å². The molecule has 0 radical (unpaired) electrons. The first-order valence-corrected chi connectivity index (χ1v) is 28.9. The molecular formula is C46H90N8O10S4. The molecule has 8 atom stereocenters. The standard InChI is InChI=1S/C12H22N2O2.C11H20N2O2S.C10H18N2O2S2.C7H15NO2.C6H13NO2S.H2/c1-7(2)5-9-11(15)14-10(6-8(3)4)12(16)13-9;1-7(2)6-9-11(15)12-8(4-5-16-3)10(14)13-9;1-15-5-3-7-9(13)12-8(4-6-16-2)10(14)11-7;1-5(2)4-6(8)7(9)10-3;1-9-6(8)5(7)3-4-10-2;/h7-10H,5-6H2,1-4H3,(H,13,16)(H,14,15);7-9H,4-6H2,1-3H3,(H,12,15)(H,13,14);7-8H,3-6H2,1-2H3,(H,11,14)(H,12,13);5-6H,4,8H2,1-3H3;5H,3-4,7H2,1-2H3;1H/i;;;;;1+2D. The lowest BCUT2D eigenvalue weighted by molar-refractivity contribution is -0.143. The maximum Gasteiger partial charge on any atom is 0.322 e. The van der Waals surface area contributed by atoms with Crippen LogP contribution in [0.25, 0.3) is 0 Å². The largest absolute Gasteiger partial charge is 0.468 e. The van der Waals surface area contributed by atoms with E-state index in [2.05, 4.69) is 41.4 Å². The Morgan fingerprint density at radius 2 is 0.735 bits per heavy atom. The van der Waals surface area contributed by atoms with E-state index >= 15 is 0 Å². The first-order chi connectivity index (χ1) is 32.9. The number of hydrogen-bond donors (Lipinski definition) is 8. The first kappa shape index (κ1) is 65.1. The molecule has 0 bridgehead atoms. The molecule has 3 rings (SSSR count). The lowest BCUT2D eigenvalue weighted by Crippen LogP contribution is -2.62. The van der Waals surface area contributed by atoms with Gasteiger partial charge in [-0.3, -0.25) is 38.4 Å². The van der Waals surface area contributed by atoms with E-state index in [4.69, 9.17) is 14.4 Å². The molecule has 0 aromatic rings. The van der Waals surface area contributed by atoms with Crippen molar-refractivity contribution in [3.8, 4) is 0 Å². The van der Waals surface area contributed by atoms with Crippen LogP contribution in [-0.2, 0) is 47.8 Å². The van der Waals surface area contributed by atoms with E-state index in [1.807, 2.05) is 80.4 Å². The number of ether oxygens (including phenoxy) is 2. The number of carbonyl (C=O) groups excluding carboxylic acids is 8. The molecule has 398 valence electrons. The van der Waals surface area contributed by atoms with Crippen LogP contribution in [0.1, 0.15) is 110 Å². The van der Waals surface area contributed by atoms with Gasteiger partial charge in [0.1, 0.15) is 48.3 Å². The number of hydrogen-bond acceptors (Lipinski definition) is 16. The van der Waals surface area contributed by atoms with E-state index in [1.165, 1.54) is 14.2 Å². The highest BCUT2D eigenvalue weighted by Crippen LogP contribution is 2.14. The highest BCUT2D eigenvalue weighted by Gasteiger charge is 2.35. The first-order valence-electron chi connectivity index (χ1n) is 24.4. The summed E-state index contributed by atoms with van der Waals surface area (Å²) in [5.74, 6) is 4.28. The summed E-state index contributed by atoms with van der Waals surface area (Å²) in [5.41, 5.74) is 10.9. The third-order valence-corrected chi connectivity index (χ3v) is 12.7. The van der Waals surface area contributed by atoms with Crippen LogP contribution in [0.5, 0.6) is 0 Å². The minimum atomic E-state index is -0.454. The van der Waals surface area contributed by atoms with Crippen LogP contribution in [0.15, 0.2) is 0 Å². The maximum atomic E-state index is 11.7. The van der Waals surface area contributed by atoms with Gasteiger partial charge in [0.15, 0.2) is 0 Å². The molecule has 3 aliphatic heterocycles. The molecule has 6 amide bonds. The minimum Gasteiger partial charge on any atom is -0.468 e. The fourth-order valence-electron chi connectivity index (χ4n) is 6.53. The van der Waals surface area contributed by atoms with Gasteiger partial charge in [0.05, 0.1) is 14.2 Å². The molecule has 68 heavy (non-hydrogen) atoms. The summed E-state index contributed by atoms with van der Waals surface area (Å²) in [6, 6.07) is -2.98. The number of nitrogens with two attached hydrogens (primary N) is 2. The number of amides is 6. The number of nitrogens with one attached hydrogen (secondary N) is 6. The molecule has 3 saturated heterocycles. The number of thioether (sulfide) groups is 4. The molecular weight excluding hydrogens is 953 g/mol. The van der Waals surface area contributed by atoms with Crippen molar-refractivity contribution in [3.63, 3.8) is 0 Å². The second-order valence-electron chi connectivity index (χ2n) is 18.3. The number of esters is 2. The quantitative estimate of drug-likeness (QED) is 0.0723. The van der Waals surface area contributed by atoms with Crippen LogP contribution in [0, 0.1) is 23.7 Å². The van der Waals surface area contributed by atoms with Crippen molar-refractivity contribution >= 4 is 94.4 Å². The summed E-state index contributed by atoms with van der Waals surface area (Å²) in [5, 5.41) is 16.8. The molecule has 0 aliphatic carbocycles. The van der Waals surface area contributed by atoms with Crippen LogP contribution in [0.2, 0.25) is 0 Å². The average molecular weight is 1050 g/mol. The third kappa shape index (κ3) is 30.6. The van der Waals surface area contributed by atoms with Gasteiger partial charge in [0.25, 0.3) is 0 Å². The van der Waals surface area contributed by atoms with E-state index in [1.54, 1.807) is 47.0 Å². The summed E-state index contributed by atoms with van der Waals surface area (Å²) >= 11 is 6.71. The van der Waals surface area contributed by atoms with Crippen LogP contribution in [0.4, 0.5) is 0 Å². The van der Waals surface area contributed by atoms with E-state index in [-0.39, 0.29) is 83.6 Å². The predicted octanol–water partition coefficient (Wildman–Crippen LogP) is 3.33. The number of piperazine rings is 3. The Morgan fingerprint density at radius 1 is 0.485 bits per heavy atom. The highest BCUT2D eigenvalue weighted by molar-refractivity contribution is 7.99. The smallest absolute Gasteiger partial charge is 0.322 e. The number of rotatable bonds is 22. The zero-order valence-electron chi connectivity index (χ0n) is 45.3. The SMILES string of the molecule is CC(C)CC1NC(=O)C(CC(C)C)NC1=O.COC(=O)C(N)CC(C)C.COC(=O)C(N)CCSC.CSCCC1NC(=O)C(CC(C)C)NC1=O.CSCCC1NC(=O)C(CCSC)NC1=O.[2H][3H]. The van der Waals surface area contributed by atoms with Crippen molar-refractivity contribution in [2.75, 3.05) is 62.3 Å². The van der Waals surface area contributed by atoms with Crippen LogP contribution in [0.3, 0.4) is 0 Å². The van der Waals surface area contributed by atoms with Crippen LogP contribution >= 0.6 is 47.0 Å². The molecule has 18 nitrogen and oxygen atoms in total. The minimum absolute atomic E-state index is 0.0419. The Balaban J connectivity index is -0.000000806. The summed E-state index contributed by atoms with van der Waals surface area (Å²) in [6.07, 6.45) is 13.5. The predicted molar refractivity (Wildman–Crippen MR) is 283 cm³/mol. The normalized spacial score (nSPS) is 21.9. The molecule has 0 aromatic carbocycles. The van der Waals surface area contributed by atoms with Crippen LogP contribution in [-0.4, -0.2) is 158 Å². The fraction of sp³-hybridized carbons (Fsp3) is 0.826. The zero-order valence-corrected chi connectivity index (χ0v) is 46.5. The van der Waals surface area contributed by atoms with Gasteiger partial charge in [-0.05, 0) is 123 Å². The lowest BCUT2D eigenvalue weighted by atomic mass is 9.96. The Labute approximate surface area is 427 Å². The lowest BCUT2D eigenvalue weighted by Gasteiger charge is -2.31. The molecule has 10 N–H and O–H groups in total. The molecule has 3 fully saturated rings. The summed E-state index contributed by atoms with van der Waals surface area (Å²) in [6.45, 7) is 16.3. The monoisotopic (exact) mass is 1050 g/mol. The van der Waals surface area contributed by atoms with Gasteiger partial charge in [0.2, 0.25) is 35.4 Å². The molecule has 22 heteroatoms. The van der Waals surface area contributed by atoms with E-state index < -0.39 is 12.1 Å². The van der Waals surface area contributed by atoms with Crippen molar-refractivity contribution in [2.45, 2.75) is 155 Å². The van der Waals surface area contributed by atoms with Crippen molar-refractivity contribution in [2.24, 2.45) is 35.1 Å². The van der Waals surface area contributed by atoms with Gasteiger partial charge in [0, 0.05) is 2.97 Å². The van der Waals surface area contributed by atoms with Gasteiger partial charge < -0.3 is 52.8 Å². The number of carbonyl (C=O) groups is 8. The molecule has 3 heterocycles. The summed E-state index contributed by atoms with van der Waals surface area (Å²) < 4.78 is 18.9. The molecule has 8 unspecified atom stereocenters. The molecule has 0 spiro atoms. The average Bonchev–Trinajstić information content (AvgIpc) is 3.30. The van der Waals surface area contributed by atoms with Gasteiger partial charge in [-0.2, -0.15) is 47.0 Å². The van der Waals surface area contributed by atoms with Gasteiger partial charge >= 0.3 is 11.9 Å². The topological polar surface area (TPSA) is 279 Å². The second kappa shape index (κ2) is 38.8. The Hall–Kier alpha value is -2.92. The zero-order chi connectivity index (χ0) is 54.5. The Bertz CT molecular complexity index is 1470. The van der Waals surface area contributed by atoms with Crippen molar-refractivity contribution in [1.82, 2.24) is 31.9 Å². The van der Waals surface area contributed by atoms with Crippen LogP contribution < -0.4 is 43.4 Å². The third-order valence-electron chi connectivity index (χ3n) is 10.1. The van der Waals surface area contributed by atoms with E-state index in [0.717, 1.165) is 23.0 Å². The maximum absolute atomic E-state index is 11.7. The fourth-order valence-corrected chi connectivity index (χ4v) is 8.43. The van der Waals surface area contributed by atoms with Gasteiger partial charge in [-0.25, -0.2) is 0 Å². The summed E-state index contributed by atoms with van der Waals surface area (Å²) in [7, 11) is 2.70. The van der Waals surface area contributed by atoms with Crippen molar-refractivity contribution < 1.29 is 50.8 Å². The number of methoxy groups -OCH3 is 2. The van der Waals surface area contributed by atoms with Crippen molar-refractivity contribution in [3.05, 3.63) is 0 Å². The molecule has 0 aromatic heterocycles. The van der Waals surface area contributed by atoms with Gasteiger partial charge in [-0.15, -0.1) is 0 Å². The Morgan fingerprint density at radius 3 is 0.971 bits per heavy atom. The molecule has 3 aliphatic rings.